The topological polar surface area (TPSA) is 132 Å². The fourth-order valence-corrected chi connectivity index (χ4v) is 7.73. The monoisotopic (exact) mass is 609 g/mol. The van der Waals surface area contributed by atoms with E-state index in [-0.39, 0.29) is 22.9 Å². The lowest BCUT2D eigenvalue weighted by Gasteiger charge is -2.30. The van der Waals surface area contributed by atoms with Crippen molar-refractivity contribution in [2.24, 2.45) is 5.92 Å². The van der Waals surface area contributed by atoms with E-state index in [1.807, 2.05) is 12.1 Å². The third kappa shape index (κ3) is 4.88. The number of nitrogens with zero attached hydrogens (tertiary/aromatic N) is 2. The Balaban J connectivity index is 1.36. The Morgan fingerprint density at radius 2 is 1.73 bits per heavy atom. The molecule has 0 aliphatic carbocycles. The molecular weight excluding hydrogens is 590 g/mol. The van der Waals surface area contributed by atoms with E-state index >= 15 is 0 Å². The van der Waals surface area contributed by atoms with Gasteiger partial charge in [0.1, 0.15) is 11.9 Å². The summed E-state index contributed by atoms with van der Waals surface area (Å²) in [5.41, 5.74) is 1.69. The zero-order chi connectivity index (χ0) is 28.8. The molecule has 2 amide bonds. The van der Waals surface area contributed by atoms with Gasteiger partial charge in [0.25, 0.3) is 5.69 Å². The molecule has 3 aromatic carbocycles. The molecule has 3 heterocycles. The second kappa shape index (κ2) is 10.7. The van der Waals surface area contributed by atoms with Crippen molar-refractivity contribution in [1.29, 1.82) is 0 Å². The summed E-state index contributed by atoms with van der Waals surface area (Å²) in [5.74, 6) is -1.40. The molecule has 208 valence electrons. The van der Waals surface area contributed by atoms with Crippen LogP contribution in [-0.4, -0.2) is 34.1 Å². The van der Waals surface area contributed by atoms with Gasteiger partial charge in [-0.25, -0.2) is 4.90 Å². The Morgan fingerprint density at radius 1 is 1.00 bits per heavy atom. The van der Waals surface area contributed by atoms with E-state index in [2.05, 4.69) is 4.98 Å². The molecule has 1 saturated heterocycles. The van der Waals surface area contributed by atoms with Crippen LogP contribution >= 0.6 is 34.7 Å². The number of nitro benzene ring substituents is 1. The molecule has 1 aromatic heterocycles. The number of aromatic amines is 1. The van der Waals surface area contributed by atoms with Gasteiger partial charge in [0.05, 0.1) is 28.7 Å². The highest BCUT2D eigenvalue weighted by Gasteiger charge is 2.56. The maximum atomic E-state index is 13.9. The van der Waals surface area contributed by atoms with Crippen LogP contribution in [0.4, 0.5) is 11.4 Å². The van der Waals surface area contributed by atoms with E-state index in [1.54, 1.807) is 30.3 Å². The quantitative estimate of drug-likeness (QED) is 0.168. The summed E-state index contributed by atoms with van der Waals surface area (Å²) in [7, 11) is 1.51. The van der Waals surface area contributed by atoms with Crippen LogP contribution in [-0.2, 0) is 16.2 Å². The predicted octanol–water partition coefficient (Wildman–Crippen LogP) is 5.38. The number of fused-ring (bicyclic) bond motifs is 2. The molecule has 0 bridgehead atoms. The number of carbonyl (C=O) groups is 2. The number of thioether (sulfide) groups is 1. The van der Waals surface area contributed by atoms with Crippen LogP contribution in [0.3, 0.4) is 0 Å². The lowest BCUT2D eigenvalue weighted by molar-refractivity contribution is -0.384. The zero-order valence-electron chi connectivity index (χ0n) is 21.2. The third-order valence-electron chi connectivity index (χ3n) is 7.00. The number of ether oxygens (including phenoxy) is 2. The summed E-state index contributed by atoms with van der Waals surface area (Å²) < 4.78 is 11.6. The number of halogens is 1. The van der Waals surface area contributed by atoms with Gasteiger partial charge in [0.2, 0.25) is 11.8 Å². The SMILES string of the molecule is COc1cc([C@H]2c3sc(=O)[nH]c3SC3C(=O)N(c4ccc([N+](=O)[O-])cc4)C(=O)C32)ccc1OCc1ccc(Cl)cc1. The Morgan fingerprint density at radius 3 is 2.41 bits per heavy atom. The average molecular weight is 610 g/mol. The molecule has 3 atom stereocenters. The van der Waals surface area contributed by atoms with Crippen LogP contribution in [0, 0.1) is 16.0 Å². The fraction of sp³-hybridized carbons (Fsp3) is 0.179. The van der Waals surface area contributed by atoms with E-state index in [4.69, 9.17) is 21.1 Å². The fourth-order valence-electron chi connectivity index (χ4n) is 5.09. The summed E-state index contributed by atoms with van der Waals surface area (Å²) >= 11 is 8.12. The predicted molar refractivity (Wildman–Crippen MR) is 154 cm³/mol. The van der Waals surface area contributed by atoms with E-state index in [1.165, 1.54) is 31.4 Å². The van der Waals surface area contributed by atoms with Crippen LogP contribution in [0.25, 0.3) is 0 Å². The number of non-ortho nitro benzene ring substituents is 1. The summed E-state index contributed by atoms with van der Waals surface area (Å²) in [6.07, 6.45) is 0. The van der Waals surface area contributed by atoms with E-state index in [9.17, 15) is 24.5 Å². The number of benzene rings is 3. The lowest BCUT2D eigenvalue weighted by atomic mass is 9.83. The standard InChI is InChI=1S/C28H20ClN3O7S2/c1-38-20-12-15(4-11-19(20)39-13-14-2-5-16(29)6-3-14)21-22-24(40-25-23(21)41-28(35)30-25)27(34)31(26(22)33)17-7-9-18(10-8-17)32(36)37/h2-12,21-22,24H,13H2,1H3,(H,30,35)/t21-,22?,24?/m1/s1. The first-order valence-corrected chi connectivity index (χ1v) is 14.4. The number of nitrogens with one attached hydrogen (secondary N) is 1. The molecule has 0 saturated carbocycles. The van der Waals surface area contributed by atoms with Gasteiger partial charge in [-0.1, -0.05) is 52.9 Å². The van der Waals surface area contributed by atoms with Crippen molar-refractivity contribution in [3.8, 4) is 11.5 Å². The molecule has 1 fully saturated rings. The molecule has 6 rings (SSSR count). The molecule has 4 aromatic rings. The van der Waals surface area contributed by atoms with Crippen molar-refractivity contribution in [2.75, 3.05) is 12.0 Å². The number of methoxy groups -OCH3 is 1. The number of hydrogen-bond donors (Lipinski definition) is 1. The normalized spacial score (nSPS) is 19.6. The Hall–Kier alpha value is -4.13. The smallest absolute Gasteiger partial charge is 0.305 e. The van der Waals surface area contributed by atoms with Gasteiger partial charge in [-0.15, -0.1) is 0 Å². The van der Waals surface area contributed by atoms with Crippen LogP contribution in [0.5, 0.6) is 11.5 Å². The molecular formula is C28H20ClN3O7S2. The maximum Gasteiger partial charge on any atom is 0.305 e. The largest absolute Gasteiger partial charge is 0.493 e. The number of rotatable bonds is 7. The summed E-state index contributed by atoms with van der Waals surface area (Å²) in [5, 5.41) is 11.5. The Bertz CT molecular complexity index is 1740. The molecule has 1 N–H and O–H groups in total. The number of anilines is 1. The van der Waals surface area contributed by atoms with E-state index in [0.717, 1.165) is 33.6 Å². The molecule has 0 spiro atoms. The number of hydrogen-bond acceptors (Lipinski definition) is 9. The number of carbonyl (C=O) groups excluding carboxylic acids is 2. The number of thiazole rings is 1. The number of nitro groups is 1. The summed E-state index contributed by atoms with van der Waals surface area (Å²) in [6.45, 7) is 0.276. The zero-order valence-corrected chi connectivity index (χ0v) is 23.6. The van der Waals surface area contributed by atoms with Crippen LogP contribution in [0.2, 0.25) is 5.02 Å². The van der Waals surface area contributed by atoms with E-state index < -0.39 is 33.8 Å². The van der Waals surface area contributed by atoms with Crippen molar-refractivity contribution >= 4 is 57.9 Å². The van der Waals surface area contributed by atoms with Gasteiger partial charge in [-0.05, 0) is 47.5 Å². The molecule has 0 radical (unpaired) electrons. The first-order valence-electron chi connectivity index (χ1n) is 12.3. The molecule has 2 aliphatic rings. The minimum Gasteiger partial charge on any atom is -0.493 e. The van der Waals surface area contributed by atoms with Crippen LogP contribution < -0.4 is 19.2 Å². The van der Waals surface area contributed by atoms with Gasteiger partial charge in [0.15, 0.2) is 11.5 Å². The van der Waals surface area contributed by atoms with Gasteiger partial charge in [-0.2, -0.15) is 0 Å². The van der Waals surface area contributed by atoms with Crippen LogP contribution in [0.15, 0.2) is 76.6 Å². The van der Waals surface area contributed by atoms with E-state index in [0.29, 0.717) is 32.0 Å². The molecule has 41 heavy (non-hydrogen) atoms. The minimum absolute atomic E-state index is 0.150. The third-order valence-corrected chi connectivity index (χ3v) is 9.65. The molecule has 10 nitrogen and oxygen atoms in total. The number of amides is 2. The maximum absolute atomic E-state index is 13.9. The average Bonchev–Trinajstić information content (AvgIpc) is 3.46. The van der Waals surface area contributed by atoms with Crippen molar-refractivity contribution in [3.05, 3.63) is 108 Å². The highest BCUT2D eigenvalue weighted by atomic mass is 35.5. The highest BCUT2D eigenvalue weighted by molar-refractivity contribution is 8.00. The van der Waals surface area contributed by atoms with Crippen molar-refractivity contribution in [2.45, 2.75) is 22.8 Å². The van der Waals surface area contributed by atoms with Gasteiger partial charge in [0, 0.05) is 28.0 Å². The first kappa shape index (κ1) is 27.1. The molecule has 2 aliphatic heterocycles. The molecule has 2 unspecified atom stereocenters. The second-order valence-electron chi connectivity index (χ2n) is 9.36. The van der Waals surface area contributed by atoms with Crippen molar-refractivity contribution < 1.29 is 24.0 Å². The van der Waals surface area contributed by atoms with Gasteiger partial charge >= 0.3 is 4.87 Å². The summed E-state index contributed by atoms with van der Waals surface area (Å²) in [4.78, 5) is 54.6. The summed E-state index contributed by atoms with van der Waals surface area (Å²) in [6, 6.07) is 17.9. The van der Waals surface area contributed by atoms with Crippen LogP contribution in [0.1, 0.15) is 21.9 Å². The molecule has 13 heteroatoms. The minimum atomic E-state index is -0.813. The second-order valence-corrected chi connectivity index (χ2v) is 12.0. The number of H-pyrrole nitrogens is 1. The first-order chi connectivity index (χ1) is 19.7. The van der Waals surface area contributed by atoms with Crippen molar-refractivity contribution in [3.63, 3.8) is 0 Å². The highest BCUT2D eigenvalue weighted by Crippen LogP contribution is 2.53. The van der Waals surface area contributed by atoms with Gasteiger partial charge in [-0.3, -0.25) is 24.5 Å². The van der Waals surface area contributed by atoms with Gasteiger partial charge < -0.3 is 14.5 Å². The Labute approximate surface area is 246 Å². The number of imide groups is 1. The van der Waals surface area contributed by atoms with Crippen molar-refractivity contribution in [1.82, 2.24) is 4.98 Å². The lowest BCUT2D eigenvalue weighted by Crippen LogP contribution is -2.32. The number of aromatic nitrogens is 1. The Kier molecular flexibility index (Phi) is 7.06.